The van der Waals surface area contributed by atoms with Crippen molar-refractivity contribution in [1.29, 1.82) is 0 Å². The molecule has 3 nitrogen and oxygen atoms in total. The van der Waals surface area contributed by atoms with Crippen molar-refractivity contribution < 1.29 is 14.3 Å². The molecular formula is C8H8FNO2. The van der Waals surface area contributed by atoms with Gasteiger partial charge in [0.15, 0.2) is 0 Å². The van der Waals surface area contributed by atoms with Crippen molar-refractivity contribution in [2.75, 3.05) is 12.4 Å². The highest BCUT2D eigenvalue weighted by Gasteiger charge is 2.11. The smallest absolute Gasteiger partial charge is 0.337 e. The molecule has 0 spiro atoms. The van der Waals surface area contributed by atoms with E-state index in [1.165, 1.54) is 25.2 Å². The van der Waals surface area contributed by atoms with Gasteiger partial charge in [-0.25, -0.2) is 9.18 Å². The largest absolute Gasteiger partial charge is 0.478 e. The van der Waals surface area contributed by atoms with Gasteiger partial charge < -0.3 is 10.4 Å². The first kappa shape index (κ1) is 8.52. The summed E-state index contributed by atoms with van der Waals surface area (Å²) < 4.78 is 12.9. The lowest BCUT2D eigenvalue weighted by molar-refractivity contribution is 0.0697. The Labute approximate surface area is 68.8 Å². The molecule has 0 atom stereocenters. The number of carboxylic acid groups (broad SMARTS) is 1. The Kier molecular flexibility index (Phi) is 2.28. The van der Waals surface area contributed by atoms with Crippen LogP contribution in [-0.4, -0.2) is 18.1 Å². The van der Waals surface area contributed by atoms with Gasteiger partial charge in [-0.05, 0) is 12.1 Å². The maximum atomic E-state index is 12.9. The second kappa shape index (κ2) is 3.21. The van der Waals surface area contributed by atoms with E-state index >= 15 is 0 Å². The molecule has 0 unspecified atom stereocenters. The lowest BCUT2D eigenvalue weighted by Crippen LogP contribution is -2.04. The molecule has 0 aromatic heterocycles. The normalized spacial score (nSPS) is 9.50. The molecule has 12 heavy (non-hydrogen) atoms. The van der Waals surface area contributed by atoms with E-state index in [0.717, 1.165) is 0 Å². The zero-order chi connectivity index (χ0) is 9.14. The van der Waals surface area contributed by atoms with Gasteiger partial charge in [0.05, 0.1) is 11.3 Å². The summed E-state index contributed by atoms with van der Waals surface area (Å²) in [6, 6.07) is 3.91. The van der Waals surface area contributed by atoms with E-state index in [1.54, 1.807) is 0 Å². The van der Waals surface area contributed by atoms with Gasteiger partial charge in [-0.3, -0.25) is 0 Å². The van der Waals surface area contributed by atoms with Gasteiger partial charge in [-0.1, -0.05) is 6.07 Å². The summed E-state index contributed by atoms with van der Waals surface area (Å²) in [6.07, 6.45) is 0. The van der Waals surface area contributed by atoms with Crippen LogP contribution in [0.4, 0.5) is 10.1 Å². The molecule has 0 saturated carbocycles. The standard InChI is InChI=1S/C8H8FNO2/c1-10-7-5(8(11)12)3-2-4-6(7)9/h2-4,10H,1H3,(H,11,12). The maximum Gasteiger partial charge on any atom is 0.337 e. The van der Waals surface area contributed by atoms with Gasteiger partial charge in [0.1, 0.15) is 5.82 Å². The maximum absolute atomic E-state index is 12.9. The minimum absolute atomic E-state index is 0.0185. The third kappa shape index (κ3) is 1.37. The van der Waals surface area contributed by atoms with Gasteiger partial charge in [0.2, 0.25) is 0 Å². The number of aromatic carboxylic acids is 1. The highest BCUT2D eigenvalue weighted by atomic mass is 19.1. The minimum Gasteiger partial charge on any atom is -0.478 e. The van der Waals surface area contributed by atoms with E-state index in [1.807, 2.05) is 0 Å². The Balaban J connectivity index is 3.27. The van der Waals surface area contributed by atoms with Crippen LogP contribution in [0.1, 0.15) is 10.4 Å². The number of halogens is 1. The fourth-order valence-corrected chi connectivity index (χ4v) is 0.956. The summed E-state index contributed by atoms with van der Waals surface area (Å²) in [5.74, 6) is -1.70. The van der Waals surface area contributed by atoms with Crippen molar-refractivity contribution in [3.63, 3.8) is 0 Å². The Morgan fingerprint density at radius 2 is 2.25 bits per heavy atom. The van der Waals surface area contributed by atoms with Crippen molar-refractivity contribution in [3.8, 4) is 0 Å². The van der Waals surface area contributed by atoms with Crippen LogP contribution in [-0.2, 0) is 0 Å². The number of carbonyl (C=O) groups is 1. The van der Waals surface area contributed by atoms with E-state index in [-0.39, 0.29) is 11.3 Å². The Morgan fingerprint density at radius 3 is 2.67 bits per heavy atom. The Bertz CT molecular complexity index is 312. The average molecular weight is 169 g/mol. The van der Waals surface area contributed by atoms with E-state index in [2.05, 4.69) is 5.32 Å². The number of carboxylic acids is 1. The number of rotatable bonds is 2. The second-order valence-corrected chi connectivity index (χ2v) is 2.22. The Morgan fingerprint density at radius 1 is 1.58 bits per heavy atom. The van der Waals surface area contributed by atoms with Crippen molar-refractivity contribution >= 4 is 11.7 Å². The summed E-state index contributed by atoms with van der Waals surface area (Å²) in [7, 11) is 1.48. The van der Waals surface area contributed by atoms with Gasteiger partial charge in [0, 0.05) is 7.05 Å². The zero-order valence-corrected chi connectivity index (χ0v) is 6.47. The minimum atomic E-state index is -1.14. The molecule has 0 aliphatic rings. The molecule has 4 heteroatoms. The van der Waals surface area contributed by atoms with Gasteiger partial charge in [0.25, 0.3) is 0 Å². The summed E-state index contributed by atoms with van der Waals surface area (Å²) >= 11 is 0. The summed E-state index contributed by atoms with van der Waals surface area (Å²) in [5.41, 5.74) is -0.0394. The third-order valence-corrected chi connectivity index (χ3v) is 1.49. The fraction of sp³-hybridized carbons (Fsp3) is 0.125. The molecule has 0 fully saturated rings. The molecule has 1 aromatic carbocycles. The number of benzene rings is 1. The van der Waals surface area contributed by atoms with Gasteiger partial charge in [-0.2, -0.15) is 0 Å². The molecule has 1 rings (SSSR count). The van der Waals surface area contributed by atoms with Crippen LogP contribution in [0.25, 0.3) is 0 Å². The number of nitrogens with one attached hydrogen (secondary N) is 1. The van der Waals surface area contributed by atoms with Crippen molar-refractivity contribution in [2.45, 2.75) is 0 Å². The molecule has 2 N–H and O–H groups in total. The lowest BCUT2D eigenvalue weighted by Gasteiger charge is -2.04. The molecule has 0 radical (unpaired) electrons. The fourth-order valence-electron chi connectivity index (χ4n) is 0.956. The Hall–Kier alpha value is -1.58. The summed E-state index contributed by atoms with van der Waals surface area (Å²) in [4.78, 5) is 10.5. The molecule has 1 aromatic rings. The van der Waals surface area contributed by atoms with Crippen LogP contribution in [0.2, 0.25) is 0 Å². The lowest BCUT2D eigenvalue weighted by atomic mass is 10.2. The number of para-hydroxylation sites is 1. The molecular weight excluding hydrogens is 161 g/mol. The number of anilines is 1. The first-order chi connectivity index (χ1) is 5.66. The first-order valence-corrected chi connectivity index (χ1v) is 3.36. The highest BCUT2D eigenvalue weighted by molar-refractivity contribution is 5.94. The predicted molar refractivity (Wildman–Crippen MR) is 42.9 cm³/mol. The van der Waals surface area contributed by atoms with Crippen LogP contribution in [0.3, 0.4) is 0 Å². The molecule has 64 valence electrons. The van der Waals surface area contributed by atoms with Crippen LogP contribution < -0.4 is 5.32 Å². The molecule has 0 saturated heterocycles. The predicted octanol–water partition coefficient (Wildman–Crippen LogP) is 1.57. The van der Waals surface area contributed by atoms with Crippen LogP contribution in [0.5, 0.6) is 0 Å². The number of hydrogen-bond donors (Lipinski definition) is 2. The molecule has 0 amide bonds. The van der Waals surface area contributed by atoms with Gasteiger partial charge in [-0.15, -0.1) is 0 Å². The summed E-state index contributed by atoms with van der Waals surface area (Å²) in [6.45, 7) is 0. The first-order valence-electron chi connectivity index (χ1n) is 3.36. The highest BCUT2D eigenvalue weighted by Crippen LogP contribution is 2.18. The summed E-state index contributed by atoms with van der Waals surface area (Å²) in [5, 5.41) is 11.1. The van der Waals surface area contributed by atoms with Crippen molar-refractivity contribution in [1.82, 2.24) is 0 Å². The molecule has 0 heterocycles. The van der Waals surface area contributed by atoms with E-state index in [4.69, 9.17) is 5.11 Å². The van der Waals surface area contributed by atoms with E-state index < -0.39 is 11.8 Å². The quantitative estimate of drug-likeness (QED) is 0.706. The molecule has 0 aliphatic heterocycles. The molecule has 0 bridgehead atoms. The van der Waals surface area contributed by atoms with Crippen molar-refractivity contribution in [2.24, 2.45) is 0 Å². The van der Waals surface area contributed by atoms with Crippen LogP contribution in [0.15, 0.2) is 18.2 Å². The monoisotopic (exact) mass is 169 g/mol. The topological polar surface area (TPSA) is 49.3 Å². The van der Waals surface area contributed by atoms with Crippen molar-refractivity contribution in [3.05, 3.63) is 29.6 Å². The molecule has 0 aliphatic carbocycles. The second-order valence-electron chi connectivity index (χ2n) is 2.22. The zero-order valence-electron chi connectivity index (χ0n) is 6.47. The van der Waals surface area contributed by atoms with E-state index in [0.29, 0.717) is 0 Å². The number of hydrogen-bond acceptors (Lipinski definition) is 2. The van der Waals surface area contributed by atoms with Crippen LogP contribution in [0, 0.1) is 5.82 Å². The SMILES string of the molecule is CNc1c(F)cccc1C(=O)O. The third-order valence-electron chi connectivity index (χ3n) is 1.49. The van der Waals surface area contributed by atoms with Gasteiger partial charge >= 0.3 is 5.97 Å². The average Bonchev–Trinajstić information content (AvgIpc) is 2.03. The van der Waals surface area contributed by atoms with E-state index in [9.17, 15) is 9.18 Å². The van der Waals surface area contributed by atoms with Crippen LogP contribution >= 0.6 is 0 Å².